The summed E-state index contributed by atoms with van der Waals surface area (Å²) in [7, 11) is 0. The number of halogens is 4. The molecule has 54 heavy (non-hydrogen) atoms. The Bertz CT molecular complexity index is 2430. The monoisotopic (exact) mass is 760 g/mol. The third-order valence-corrected chi connectivity index (χ3v) is 10.2. The summed E-state index contributed by atoms with van der Waals surface area (Å²) < 4.78 is 48.9. The van der Waals surface area contributed by atoms with Gasteiger partial charge in [-0.3, -0.25) is 14.4 Å². The van der Waals surface area contributed by atoms with Crippen LogP contribution in [0, 0.1) is 11.3 Å². The number of anilines is 1. The third-order valence-electron chi connectivity index (χ3n) is 9.89. The number of nitrogens with one attached hydrogen (secondary N) is 1. The second kappa shape index (κ2) is 13.3. The molecule has 0 unspecified atom stereocenters. The molecule has 2 amide bonds. The van der Waals surface area contributed by atoms with Crippen molar-refractivity contribution in [2.24, 2.45) is 0 Å². The number of nitriles is 1. The fourth-order valence-corrected chi connectivity index (χ4v) is 7.26. The molecule has 1 atom stereocenters. The molecular weight excluding hydrogens is 729 g/mol. The largest absolute Gasteiger partial charge is 0.505 e. The highest BCUT2D eigenvalue weighted by molar-refractivity contribution is 6.33. The van der Waals surface area contributed by atoms with Crippen LogP contribution in [0.2, 0.25) is 5.02 Å². The molecule has 1 fully saturated rings. The molecule has 2 N–H and O–H groups in total. The molecule has 0 bridgehead atoms. The number of ether oxygens (including phenoxy) is 1. The summed E-state index contributed by atoms with van der Waals surface area (Å²) >= 11 is 6.14. The number of carbonyl (C=O) groups excluding carboxylic acids is 2. The maximum atomic E-state index is 14.5. The summed E-state index contributed by atoms with van der Waals surface area (Å²) in [6, 6.07) is 14.7. The van der Waals surface area contributed by atoms with E-state index in [0.29, 0.717) is 17.3 Å². The fourth-order valence-electron chi connectivity index (χ4n) is 7.03. The van der Waals surface area contributed by atoms with Crippen molar-refractivity contribution >= 4 is 34.9 Å². The first-order chi connectivity index (χ1) is 25.5. The van der Waals surface area contributed by atoms with Gasteiger partial charge >= 0.3 is 6.18 Å². The number of fused-ring (bicyclic) bond motifs is 3. The number of aromatic hydroxyl groups is 1. The molecule has 1 spiro atoms. The fraction of sp³-hybridized carbons (Fsp3) is 0.324. The number of aromatic nitrogens is 5. The first-order valence-electron chi connectivity index (χ1n) is 16.9. The first-order valence-corrected chi connectivity index (χ1v) is 17.2. The van der Waals surface area contributed by atoms with Gasteiger partial charge in [-0.15, -0.1) is 5.10 Å². The Hall–Kier alpha value is -5.79. The van der Waals surface area contributed by atoms with Gasteiger partial charge in [0, 0.05) is 24.8 Å². The topological polar surface area (TPSA) is 168 Å². The predicted octanol–water partition coefficient (Wildman–Crippen LogP) is 5.99. The lowest BCUT2D eigenvalue weighted by atomic mass is 9.85. The number of amides is 2. The zero-order valence-electron chi connectivity index (χ0n) is 29.1. The van der Waals surface area contributed by atoms with E-state index < -0.39 is 52.8 Å². The van der Waals surface area contributed by atoms with Crippen LogP contribution in [0.3, 0.4) is 0 Å². The predicted molar refractivity (Wildman–Crippen MR) is 189 cm³/mol. The van der Waals surface area contributed by atoms with Crippen LogP contribution >= 0.6 is 11.6 Å². The molecular formula is C37H32ClF3N8O5. The van der Waals surface area contributed by atoms with E-state index in [4.69, 9.17) is 16.3 Å². The van der Waals surface area contributed by atoms with Crippen LogP contribution in [-0.2, 0) is 33.3 Å². The van der Waals surface area contributed by atoms with E-state index in [1.807, 2.05) is 0 Å². The number of pyridine rings is 1. The first kappa shape index (κ1) is 36.6. The average molecular weight is 761 g/mol. The van der Waals surface area contributed by atoms with Crippen molar-refractivity contribution < 1.29 is 32.6 Å². The van der Waals surface area contributed by atoms with E-state index in [0.717, 1.165) is 22.2 Å². The number of rotatable bonds is 6. The molecule has 1 saturated heterocycles. The number of hydrogen-bond donors (Lipinski definition) is 2. The Morgan fingerprint density at radius 2 is 1.80 bits per heavy atom. The summed E-state index contributed by atoms with van der Waals surface area (Å²) in [6.45, 7) is 5.14. The molecule has 5 heterocycles. The quantitative estimate of drug-likeness (QED) is 0.211. The number of alkyl halides is 3. The number of carbonyl (C=O) groups is 2. The van der Waals surface area contributed by atoms with Crippen LogP contribution < -0.4 is 10.9 Å². The van der Waals surface area contributed by atoms with E-state index >= 15 is 0 Å². The van der Waals surface area contributed by atoms with Crippen molar-refractivity contribution in [1.29, 1.82) is 5.26 Å². The SMILES string of the molecule is C[C@H]1OC2(CCN(C(=O)c3ncccc3O)CC2)c2c1n(CC(=O)Nc1ccc(C(F)(F)F)cc1Cl)c1nc(-c3ccc(C(C)(C)C#N)cc3)nn1c2=O. The number of hydrogen-bond acceptors (Lipinski definition) is 9. The number of likely N-dealkylation sites (tertiary alicyclic amines) is 1. The second-order valence-electron chi connectivity index (χ2n) is 13.8. The number of benzene rings is 2. The summed E-state index contributed by atoms with van der Waals surface area (Å²) in [5, 5.41) is 26.6. The Morgan fingerprint density at radius 3 is 2.43 bits per heavy atom. The van der Waals surface area contributed by atoms with Crippen molar-refractivity contribution in [3.05, 3.63) is 104 Å². The van der Waals surface area contributed by atoms with Crippen LogP contribution in [0.5, 0.6) is 5.75 Å². The second-order valence-corrected chi connectivity index (χ2v) is 14.2. The van der Waals surface area contributed by atoms with Crippen LogP contribution in [0.15, 0.2) is 65.6 Å². The van der Waals surface area contributed by atoms with Gasteiger partial charge in [-0.25, -0.2) is 4.98 Å². The van der Waals surface area contributed by atoms with Gasteiger partial charge in [-0.05, 0) is 69.5 Å². The Balaban J connectivity index is 1.29. The number of piperidine rings is 1. The maximum absolute atomic E-state index is 14.5. The van der Waals surface area contributed by atoms with Gasteiger partial charge in [0.2, 0.25) is 11.7 Å². The zero-order valence-corrected chi connectivity index (χ0v) is 29.9. The van der Waals surface area contributed by atoms with Gasteiger partial charge in [-0.1, -0.05) is 35.9 Å². The molecule has 2 aliphatic rings. The molecule has 5 aromatic rings. The Kier molecular flexibility index (Phi) is 8.97. The van der Waals surface area contributed by atoms with E-state index in [1.165, 1.54) is 27.8 Å². The molecule has 0 radical (unpaired) electrons. The van der Waals surface area contributed by atoms with Crippen LogP contribution in [0.1, 0.15) is 72.6 Å². The summed E-state index contributed by atoms with van der Waals surface area (Å²) in [5.41, 5.74) is -1.73. The molecule has 278 valence electrons. The van der Waals surface area contributed by atoms with Gasteiger partial charge < -0.3 is 24.6 Å². The Morgan fingerprint density at radius 1 is 1.11 bits per heavy atom. The molecule has 17 heteroatoms. The van der Waals surface area contributed by atoms with Crippen molar-refractivity contribution in [3.63, 3.8) is 0 Å². The van der Waals surface area contributed by atoms with E-state index in [9.17, 15) is 37.9 Å². The minimum absolute atomic E-state index is 0.00888. The van der Waals surface area contributed by atoms with E-state index in [2.05, 4.69) is 26.5 Å². The van der Waals surface area contributed by atoms with Crippen LogP contribution in [0.25, 0.3) is 17.2 Å². The summed E-state index contributed by atoms with van der Waals surface area (Å²) in [5.74, 6) is -1.25. The summed E-state index contributed by atoms with van der Waals surface area (Å²) in [6.07, 6.45) is -3.60. The summed E-state index contributed by atoms with van der Waals surface area (Å²) in [4.78, 5) is 51.6. The normalized spacial score (nSPS) is 16.7. The van der Waals surface area contributed by atoms with E-state index in [1.54, 1.807) is 45.0 Å². The van der Waals surface area contributed by atoms with Gasteiger partial charge in [0.15, 0.2) is 11.5 Å². The van der Waals surface area contributed by atoms with Gasteiger partial charge in [0.1, 0.15) is 17.9 Å². The van der Waals surface area contributed by atoms with Crippen LogP contribution in [0.4, 0.5) is 18.9 Å². The van der Waals surface area contributed by atoms with Crippen molar-refractivity contribution in [1.82, 2.24) is 29.0 Å². The van der Waals surface area contributed by atoms with Crippen molar-refractivity contribution in [2.45, 2.75) is 63.5 Å². The lowest BCUT2D eigenvalue weighted by Gasteiger charge is -2.39. The molecule has 0 aliphatic carbocycles. The standard InChI is InChI=1S/C37H32ClF3N8O5/c1-20-30-28(36(54-20)12-15-47(16-13-36)33(53)29-26(50)5-4-14-43-29)32(52)49-34(45-31(46-49)21-6-8-22(9-7-21)35(2,3)19-42)48(30)18-27(51)44-25-11-10-23(17-24(25)38)37(39,40)41/h4-11,14,17,20,50H,12-13,15-16,18H2,1-3H3,(H,44,51)/t20-/m1/s1. The van der Waals surface area contributed by atoms with Gasteiger partial charge in [-0.2, -0.15) is 27.9 Å². The molecule has 3 aromatic heterocycles. The molecule has 2 aliphatic heterocycles. The lowest BCUT2D eigenvalue weighted by molar-refractivity contribution is -0.137. The lowest BCUT2D eigenvalue weighted by Crippen LogP contribution is -2.47. The smallest absolute Gasteiger partial charge is 0.416 e. The minimum Gasteiger partial charge on any atom is -0.505 e. The van der Waals surface area contributed by atoms with E-state index in [-0.39, 0.29) is 65.3 Å². The van der Waals surface area contributed by atoms with Crippen molar-refractivity contribution in [3.8, 4) is 23.2 Å². The average Bonchev–Trinajstić information content (AvgIpc) is 3.71. The molecule has 2 aromatic carbocycles. The van der Waals surface area contributed by atoms with Gasteiger partial charge in [0.25, 0.3) is 11.5 Å². The minimum atomic E-state index is -4.64. The van der Waals surface area contributed by atoms with Crippen LogP contribution in [-0.4, -0.2) is 59.1 Å². The molecule has 7 rings (SSSR count). The highest BCUT2D eigenvalue weighted by Gasteiger charge is 2.50. The van der Waals surface area contributed by atoms with Gasteiger partial charge in [0.05, 0.1) is 45.1 Å². The highest BCUT2D eigenvalue weighted by Crippen LogP contribution is 2.48. The molecule has 0 saturated carbocycles. The zero-order chi connectivity index (χ0) is 38.7. The van der Waals surface area contributed by atoms with Crippen molar-refractivity contribution in [2.75, 3.05) is 18.4 Å². The highest BCUT2D eigenvalue weighted by atomic mass is 35.5. The number of nitrogens with zero attached hydrogens (tertiary/aromatic N) is 7. The molecule has 13 nitrogen and oxygen atoms in total. The maximum Gasteiger partial charge on any atom is 0.416 e. The third kappa shape index (κ3) is 6.32. The Labute approximate surface area is 310 Å².